The number of benzene rings is 2. The zero-order valence-corrected chi connectivity index (χ0v) is 18.8. The van der Waals surface area contributed by atoms with E-state index in [-0.39, 0.29) is 36.9 Å². The Morgan fingerprint density at radius 3 is 2.24 bits per heavy atom. The predicted molar refractivity (Wildman–Crippen MR) is 132 cm³/mol. The number of hydrogen-bond donors (Lipinski definition) is 2. The van der Waals surface area contributed by atoms with Gasteiger partial charge in [0.2, 0.25) is 5.91 Å². The Bertz CT molecular complexity index is 1330. The van der Waals surface area contributed by atoms with Crippen molar-refractivity contribution in [1.29, 1.82) is 0 Å². The van der Waals surface area contributed by atoms with E-state index in [4.69, 9.17) is 5.73 Å². The molecule has 2 heterocycles. The van der Waals surface area contributed by atoms with Crippen LogP contribution in [-0.4, -0.2) is 15.5 Å². The number of rotatable bonds is 8. The number of aromatic nitrogens is 2. The van der Waals surface area contributed by atoms with E-state index < -0.39 is 11.2 Å². The summed E-state index contributed by atoms with van der Waals surface area (Å²) in [5, 5.41) is 3.96. The number of carbonyl (C=O) groups excluding carboxylic acids is 1. The molecule has 0 radical (unpaired) electrons. The first-order valence-electron chi connectivity index (χ1n) is 10.5. The summed E-state index contributed by atoms with van der Waals surface area (Å²) in [7, 11) is 0. The maximum atomic E-state index is 13.3. The maximum Gasteiger partial charge on any atom is 0.330 e. The van der Waals surface area contributed by atoms with Gasteiger partial charge < -0.3 is 10.6 Å². The molecular formula is C25H24N4O3S. The molecule has 168 valence electrons. The largest absolute Gasteiger partial charge is 0.383 e. The van der Waals surface area contributed by atoms with Crippen LogP contribution < -0.4 is 21.9 Å². The summed E-state index contributed by atoms with van der Waals surface area (Å²) in [4.78, 5) is 42.5. The minimum atomic E-state index is -0.679. The summed E-state index contributed by atoms with van der Waals surface area (Å²) in [6.07, 6.45) is 0.759. The average molecular weight is 461 g/mol. The normalized spacial score (nSPS) is 10.8. The smallest absolute Gasteiger partial charge is 0.330 e. The van der Waals surface area contributed by atoms with Gasteiger partial charge in [0.05, 0.1) is 13.1 Å². The average Bonchev–Trinajstić information content (AvgIpc) is 3.34. The third kappa shape index (κ3) is 5.30. The summed E-state index contributed by atoms with van der Waals surface area (Å²) in [6, 6.07) is 20.7. The van der Waals surface area contributed by atoms with Crippen molar-refractivity contribution < 1.29 is 4.79 Å². The Balaban J connectivity index is 1.73. The van der Waals surface area contributed by atoms with Crippen molar-refractivity contribution >= 4 is 28.7 Å². The van der Waals surface area contributed by atoms with Crippen LogP contribution in [0.2, 0.25) is 0 Å². The molecule has 0 aliphatic carbocycles. The minimum Gasteiger partial charge on any atom is -0.383 e. The van der Waals surface area contributed by atoms with Crippen molar-refractivity contribution in [3.63, 3.8) is 0 Å². The van der Waals surface area contributed by atoms with Crippen LogP contribution in [0, 0.1) is 0 Å². The first-order valence-corrected chi connectivity index (χ1v) is 11.5. The van der Waals surface area contributed by atoms with Gasteiger partial charge in [-0.3, -0.25) is 19.1 Å². The molecule has 0 unspecified atom stereocenters. The number of hydrogen-bond acceptors (Lipinski definition) is 5. The second-order valence-corrected chi connectivity index (χ2v) is 8.44. The van der Waals surface area contributed by atoms with Crippen molar-refractivity contribution in [3.8, 4) is 0 Å². The van der Waals surface area contributed by atoms with E-state index in [0.29, 0.717) is 6.42 Å². The number of nitrogen functional groups attached to an aromatic ring is 1. The molecule has 8 heteroatoms. The number of anilines is 2. The van der Waals surface area contributed by atoms with Gasteiger partial charge >= 0.3 is 5.69 Å². The van der Waals surface area contributed by atoms with Crippen LogP contribution in [0.5, 0.6) is 0 Å². The van der Waals surface area contributed by atoms with Crippen molar-refractivity contribution in [3.05, 3.63) is 115 Å². The molecule has 2 aromatic carbocycles. The Morgan fingerprint density at radius 1 is 0.939 bits per heavy atom. The molecule has 0 aliphatic rings. The van der Waals surface area contributed by atoms with Crippen molar-refractivity contribution in [2.45, 2.75) is 25.9 Å². The standard InChI is InChI=1S/C25H24N4O3S/c26-23-22(24(31)27-25(32)29(23)16-19-9-5-2-6-10-19)28(15-18-7-3-1-4-8-18)21(30)12-11-20-13-14-33-17-20/h1-10,13-14,17H,11-12,15-16,26H2,(H,27,31,32). The van der Waals surface area contributed by atoms with Crippen LogP contribution in [0.3, 0.4) is 0 Å². The second kappa shape index (κ2) is 10.1. The number of thiophene rings is 1. The third-order valence-corrected chi connectivity index (χ3v) is 6.09. The number of carbonyl (C=O) groups is 1. The molecule has 33 heavy (non-hydrogen) atoms. The zero-order valence-electron chi connectivity index (χ0n) is 17.9. The van der Waals surface area contributed by atoms with Gasteiger partial charge in [0, 0.05) is 6.42 Å². The van der Waals surface area contributed by atoms with Crippen LogP contribution in [0.15, 0.2) is 87.1 Å². The van der Waals surface area contributed by atoms with E-state index in [1.54, 1.807) is 11.3 Å². The van der Waals surface area contributed by atoms with Crippen molar-refractivity contribution in [2.24, 2.45) is 0 Å². The van der Waals surface area contributed by atoms with Gasteiger partial charge in [0.15, 0.2) is 5.69 Å². The molecule has 4 aromatic rings. The summed E-state index contributed by atoms with van der Waals surface area (Å²) in [6.45, 7) is 0.345. The highest BCUT2D eigenvalue weighted by molar-refractivity contribution is 7.07. The summed E-state index contributed by atoms with van der Waals surface area (Å²) in [5.74, 6) is -0.278. The fourth-order valence-corrected chi connectivity index (χ4v) is 4.34. The second-order valence-electron chi connectivity index (χ2n) is 7.66. The maximum absolute atomic E-state index is 13.3. The Kier molecular flexibility index (Phi) is 6.85. The molecule has 4 rings (SSSR count). The van der Waals surface area contributed by atoms with Crippen LogP contribution in [0.1, 0.15) is 23.1 Å². The zero-order chi connectivity index (χ0) is 23.2. The number of aryl methyl sites for hydroxylation is 1. The van der Waals surface area contributed by atoms with Gasteiger partial charge in [0.1, 0.15) is 5.82 Å². The predicted octanol–water partition coefficient (Wildman–Crippen LogP) is 3.39. The van der Waals surface area contributed by atoms with Gasteiger partial charge in [0.25, 0.3) is 5.56 Å². The lowest BCUT2D eigenvalue weighted by Crippen LogP contribution is -2.41. The number of nitrogens with two attached hydrogens (primary N) is 1. The monoisotopic (exact) mass is 460 g/mol. The topological polar surface area (TPSA) is 101 Å². The molecule has 0 atom stereocenters. The first-order chi connectivity index (χ1) is 16.0. The fraction of sp³-hybridized carbons (Fsp3) is 0.160. The van der Waals surface area contributed by atoms with Gasteiger partial charge in [-0.15, -0.1) is 0 Å². The fourth-order valence-electron chi connectivity index (χ4n) is 3.64. The van der Waals surface area contributed by atoms with E-state index in [0.717, 1.165) is 16.7 Å². The van der Waals surface area contributed by atoms with E-state index in [1.807, 2.05) is 77.5 Å². The number of amides is 1. The van der Waals surface area contributed by atoms with E-state index in [9.17, 15) is 14.4 Å². The molecular weight excluding hydrogens is 436 g/mol. The van der Waals surface area contributed by atoms with E-state index in [1.165, 1.54) is 9.47 Å². The molecule has 0 aliphatic heterocycles. The van der Waals surface area contributed by atoms with Gasteiger partial charge in [-0.2, -0.15) is 11.3 Å². The molecule has 0 spiro atoms. The Hall–Kier alpha value is -3.91. The van der Waals surface area contributed by atoms with Gasteiger partial charge in [-0.25, -0.2) is 4.79 Å². The molecule has 0 fully saturated rings. The molecule has 1 amide bonds. The first kappa shape index (κ1) is 22.3. The van der Waals surface area contributed by atoms with Crippen LogP contribution in [0.25, 0.3) is 0 Å². The molecule has 2 aromatic heterocycles. The lowest BCUT2D eigenvalue weighted by molar-refractivity contribution is -0.118. The van der Waals surface area contributed by atoms with E-state index in [2.05, 4.69) is 4.98 Å². The van der Waals surface area contributed by atoms with Gasteiger partial charge in [-0.05, 0) is 39.9 Å². The lowest BCUT2D eigenvalue weighted by atomic mass is 10.1. The van der Waals surface area contributed by atoms with Crippen molar-refractivity contribution in [2.75, 3.05) is 10.6 Å². The highest BCUT2D eigenvalue weighted by atomic mass is 32.1. The number of H-pyrrole nitrogens is 1. The van der Waals surface area contributed by atoms with E-state index >= 15 is 0 Å². The Morgan fingerprint density at radius 2 is 1.61 bits per heavy atom. The highest BCUT2D eigenvalue weighted by Crippen LogP contribution is 2.22. The molecule has 0 saturated heterocycles. The third-order valence-electron chi connectivity index (χ3n) is 5.36. The highest BCUT2D eigenvalue weighted by Gasteiger charge is 2.24. The molecule has 0 saturated carbocycles. The molecule has 3 N–H and O–H groups in total. The number of nitrogens with one attached hydrogen (secondary N) is 1. The molecule has 0 bridgehead atoms. The minimum absolute atomic E-state index is 0.00953. The van der Waals surface area contributed by atoms with Crippen molar-refractivity contribution in [1.82, 2.24) is 9.55 Å². The SMILES string of the molecule is Nc1c(N(Cc2ccccc2)C(=O)CCc2ccsc2)c(=O)[nH]c(=O)n1Cc1ccccc1. The summed E-state index contributed by atoms with van der Waals surface area (Å²) >= 11 is 1.57. The summed E-state index contributed by atoms with van der Waals surface area (Å²) < 4.78 is 1.29. The number of aromatic amines is 1. The van der Waals surface area contributed by atoms with Crippen LogP contribution in [0.4, 0.5) is 11.5 Å². The Labute approximate surface area is 194 Å². The van der Waals surface area contributed by atoms with Crippen LogP contribution in [-0.2, 0) is 24.3 Å². The quantitative estimate of drug-likeness (QED) is 0.421. The molecule has 7 nitrogen and oxygen atoms in total. The van der Waals surface area contributed by atoms with Crippen LogP contribution >= 0.6 is 11.3 Å². The lowest BCUT2D eigenvalue weighted by Gasteiger charge is -2.25. The number of nitrogens with zero attached hydrogens (tertiary/aromatic N) is 2. The summed E-state index contributed by atoms with van der Waals surface area (Å²) in [5.41, 5.74) is 7.82. The van der Waals surface area contributed by atoms with Gasteiger partial charge in [-0.1, -0.05) is 60.7 Å².